The lowest BCUT2D eigenvalue weighted by molar-refractivity contribution is 0.546. The standard InChI is InChI=1S/C16H42O2Si4/c1-19(2)17-21(5,6)15-13-11-9-10-12-14-16-22(7,8)18-20(3)4/h19-20H,9-16H2,1-8H3. The summed E-state index contributed by atoms with van der Waals surface area (Å²) in [6.45, 7) is 18.8. The highest BCUT2D eigenvalue weighted by Gasteiger charge is 2.23. The van der Waals surface area contributed by atoms with Crippen molar-refractivity contribution in [2.24, 2.45) is 0 Å². The maximum atomic E-state index is 6.22. The zero-order valence-electron chi connectivity index (χ0n) is 16.6. The van der Waals surface area contributed by atoms with Crippen LogP contribution in [0.1, 0.15) is 38.5 Å². The molecule has 0 aromatic heterocycles. The largest absolute Gasteiger partial charge is 0.458 e. The van der Waals surface area contributed by atoms with E-state index in [9.17, 15) is 0 Å². The fourth-order valence-corrected chi connectivity index (χ4v) is 16.6. The van der Waals surface area contributed by atoms with Gasteiger partial charge in [-0.25, -0.2) is 0 Å². The van der Waals surface area contributed by atoms with Gasteiger partial charge in [0.1, 0.15) is 0 Å². The third-order valence-electron chi connectivity index (χ3n) is 3.92. The third kappa shape index (κ3) is 14.4. The molecule has 0 fully saturated rings. The summed E-state index contributed by atoms with van der Waals surface area (Å²) < 4.78 is 12.4. The molecular weight excluding hydrogens is 337 g/mol. The molecule has 134 valence electrons. The maximum absolute atomic E-state index is 6.22. The fourth-order valence-electron chi connectivity index (χ4n) is 3.20. The van der Waals surface area contributed by atoms with E-state index in [1.165, 1.54) is 50.6 Å². The van der Waals surface area contributed by atoms with Crippen molar-refractivity contribution in [2.75, 3.05) is 0 Å². The number of rotatable bonds is 13. The highest BCUT2D eigenvalue weighted by Crippen LogP contribution is 2.20. The SMILES string of the molecule is C[SiH](C)O[Si](C)(C)CCCCCCCC[Si](C)(C)O[SiH](C)C. The van der Waals surface area contributed by atoms with Crippen LogP contribution in [0, 0.1) is 0 Å². The van der Waals surface area contributed by atoms with Gasteiger partial charge in [-0.05, 0) is 64.5 Å². The van der Waals surface area contributed by atoms with E-state index in [1.807, 2.05) is 0 Å². The molecule has 0 radical (unpaired) electrons. The van der Waals surface area contributed by atoms with Crippen molar-refractivity contribution in [3.05, 3.63) is 0 Å². The molecule has 0 aliphatic carbocycles. The number of hydrogen-bond acceptors (Lipinski definition) is 2. The van der Waals surface area contributed by atoms with Gasteiger partial charge in [0, 0.05) is 0 Å². The van der Waals surface area contributed by atoms with Crippen molar-refractivity contribution in [3.63, 3.8) is 0 Å². The second-order valence-electron chi connectivity index (χ2n) is 8.47. The van der Waals surface area contributed by atoms with Gasteiger partial charge in [0.2, 0.25) is 0 Å². The minimum Gasteiger partial charge on any atom is -0.458 e. The number of unbranched alkanes of at least 4 members (excludes halogenated alkanes) is 5. The lowest BCUT2D eigenvalue weighted by Gasteiger charge is -2.26. The Morgan fingerprint density at radius 2 is 0.818 bits per heavy atom. The maximum Gasteiger partial charge on any atom is 0.173 e. The Balaban J connectivity index is 3.55. The van der Waals surface area contributed by atoms with Crippen molar-refractivity contribution in [1.29, 1.82) is 0 Å². The summed E-state index contributed by atoms with van der Waals surface area (Å²) in [6, 6.07) is 2.70. The van der Waals surface area contributed by atoms with Crippen LogP contribution in [-0.4, -0.2) is 34.7 Å². The lowest BCUT2D eigenvalue weighted by atomic mass is 10.1. The molecule has 0 unspecified atom stereocenters. The molecule has 2 nitrogen and oxygen atoms in total. The monoisotopic (exact) mass is 378 g/mol. The van der Waals surface area contributed by atoms with E-state index in [-0.39, 0.29) is 0 Å². The van der Waals surface area contributed by atoms with Crippen LogP contribution in [0.3, 0.4) is 0 Å². The van der Waals surface area contributed by atoms with Crippen LogP contribution >= 0.6 is 0 Å². The summed E-state index contributed by atoms with van der Waals surface area (Å²) in [6.07, 6.45) is 8.37. The smallest absolute Gasteiger partial charge is 0.173 e. The molecule has 0 amide bonds. The molecule has 0 bridgehead atoms. The molecule has 0 heterocycles. The topological polar surface area (TPSA) is 18.5 Å². The van der Waals surface area contributed by atoms with Crippen molar-refractivity contribution in [1.82, 2.24) is 0 Å². The molecule has 6 heteroatoms. The molecule has 22 heavy (non-hydrogen) atoms. The Bertz CT molecular complexity index is 253. The van der Waals surface area contributed by atoms with E-state index in [1.54, 1.807) is 0 Å². The van der Waals surface area contributed by atoms with Crippen molar-refractivity contribution in [3.8, 4) is 0 Å². The first-order chi connectivity index (χ1) is 10.0. The third-order valence-corrected chi connectivity index (χ3v) is 15.9. The van der Waals surface area contributed by atoms with Gasteiger partial charge in [0.25, 0.3) is 0 Å². The predicted octanol–water partition coefficient (Wildman–Crippen LogP) is 5.74. The summed E-state index contributed by atoms with van der Waals surface area (Å²) >= 11 is 0. The molecular formula is C16H42O2Si4. The average Bonchev–Trinajstić information content (AvgIpc) is 2.28. The Morgan fingerprint density at radius 1 is 0.545 bits per heavy atom. The zero-order chi connectivity index (χ0) is 17.2. The van der Waals surface area contributed by atoms with Gasteiger partial charge in [-0.2, -0.15) is 0 Å². The summed E-state index contributed by atoms with van der Waals surface area (Å²) in [4.78, 5) is 0. The fraction of sp³-hybridized carbons (Fsp3) is 1.00. The van der Waals surface area contributed by atoms with Crippen molar-refractivity contribution < 1.29 is 8.23 Å². The molecule has 0 aromatic rings. The molecule has 0 aromatic carbocycles. The van der Waals surface area contributed by atoms with E-state index in [2.05, 4.69) is 52.4 Å². The Labute approximate surface area is 146 Å². The summed E-state index contributed by atoms with van der Waals surface area (Å²) in [5.41, 5.74) is 0. The molecule has 0 N–H and O–H groups in total. The number of hydrogen-bond donors (Lipinski definition) is 0. The second kappa shape index (κ2) is 11.4. The molecule has 0 aliphatic heterocycles. The average molecular weight is 379 g/mol. The van der Waals surface area contributed by atoms with Crippen LogP contribution in [0.15, 0.2) is 0 Å². The van der Waals surface area contributed by atoms with Gasteiger partial charge < -0.3 is 8.23 Å². The van der Waals surface area contributed by atoms with E-state index in [4.69, 9.17) is 8.23 Å². The summed E-state index contributed by atoms with van der Waals surface area (Å²) in [5.74, 6) is 0. The molecule has 0 saturated heterocycles. The van der Waals surface area contributed by atoms with Gasteiger partial charge in [0.05, 0.1) is 0 Å². The normalized spacial score (nSPS) is 13.4. The first-order valence-electron chi connectivity index (χ1n) is 9.40. The van der Waals surface area contributed by atoms with Gasteiger partial charge in [-0.3, -0.25) is 0 Å². The minimum atomic E-state index is -1.33. The first-order valence-corrected chi connectivity index (χ1v) is 21.2. The molecule has 0 saturated carbocycles. The summed E-state index contributed by atoms with van der Waals surface area (Å²) in [5, 5.41) is 0. The van der Waals surface area contributed by atoms with Crippen LogP contribution in [0.2, 0.25) is 64.5 Å². The van der Waals surface area contributed by atoms with E-state index >= 15 is 0 Å². The Morgan fingerprint density at radius 3 is 1.09 bits per heavy atom. The molecule has 0 spiro atoms. The van der Waals surface area contributed by atoms with Gasteiger partial charge in [-0.1, -0.05) is 38.5 Å². The van der Waals surface area contributed by atoms with Gasteiger partial charge in [-0.15, -0.1) is 0 Å². The van der Waals surface area contributed by atoms with E-state index in [0.717, 1.165) is 0 Å². The minimum absolute atomic E-state index is 0.840. The second-order valence-corrected chi connectivity index (χ2v) is 22.6. The van der Waals surface area contributed by atoms with E-state index in [0.29, 0.717) is 0 Å². The first kappa shape index (κ1) is 22.8. The quantitative estimate of drug-likeness (QED) is 0.300. The van der Waals surface area contributed by atoms with Gasteiger partial charge in [0.15, 0.2) is 34.7 Å². The molecule has 0 atom stereocenters. The Kier molecular flexibility index (Phi) is 11.8. The van der Waals surface area contributed by atoms with Crippen LogP contribution in [-0.2, 0) is 8.23 Å². The molecule has 0 rings (SSSR count). The summed E-state index contributed by atoms with van der Waals surface area (Å²) in [7, 11) is -4.34. The lowest BCUT2D eigenvalue weighted by Crippen LogP contribution is -2.35. The predicted molar refractivity (Wildman–Crippen MR) is 112 cm³/mol. The van der Waals surface area contributed by atoms with Crippen LogP contribution < -0.4 is 0 Å². The van der Waals surface area contributed by atoms with Crippen LogP contribution in [0.4, 0.5) is 0 Å². The van der Waals surface area contributed by atoms with Crippen LogP contribution in [0.5, 0.6) is 0 Å². The van der Waals surface area contributed by atoms with Crippen molar-refractivity contribution in [2.45, 2.75) is 103 Å². The van der Waals surface area contributed by atoms with Crippen molar-refractivity contribution >= 4 is 34.7 Å². The highest BCUT2D eigenvalue weighted by atomic mass is 28.4. The zero-order valence-corrected chi connectivity index (χ0v) is 20.9. The van der Waals surface area contributed by atoms with E-state index < -0.39 is 34.7 Å². The Hall–Kier alpha value is 0.788. The van der Waals surface area contributed by atoms with Crippen LogP contribution in [0.25, 0.3) is 0 Å². The van der Waals surface area contributed by atoms with Gasteiger partial charge >= 0.3 is 0 Å². The highest BCUT2D eigenvalue weighted by molar-refractivity contribution is 6.78. The molecule has 0 aliphatic rings.